The van der Waals surface area contributed by atoms with E-state index in [-0.39, 0.29) is 17.8 Å². The number of thiophene rings is 1. The van der Waals surface area contributed by atoms with Crippen LogP contribution < -0.4 is 10.6 Å². The zero-order valence-corrected chi connectivity index (χ0v) is 14.6. The molecule has 0 spiro atoms. The molecule has 1 heterocycles. The second-order valence-corrected chi connectivity index (χ2v) is 5.85. The Morgan fingerprint density at radius 1 is 1.08 bits per heavy atom. The van der Waals surface area contributed by atoms with Gasteiger partial charge in [0, 0.05) is 0 Å². The van der Waals surface area contributed by atoms with Crippen molar-refractivity contribution in [1.29, 1.82) is 0 Å². The van der Waals surface area contributed by atoms with Gasteiger partial charge in [-0.15, -0.1) is 11.3 Å². The van der Waals surface area contributed by atoms with Crippen molar-refractivity contribution in [3.8, 4) is 0 Å². The van der Waals surface area contributed by atoms with Crippen LogP contribution in [0, 0.1) is 0 Å². The average molecular weight is 376 g/mol. The van der Waals surface area contributed by atoms with E-state index in [1.54, 1.807) is 29.6 Å². The minimum Gasteiger partial charge on any atom is -0.465 e. The quantitative estimate of drug-likeness (QED) is 0.708. The molecule has 0 saturated carbocycles. The molecule has 9 heteroatoms. The summed E-state index contributed by atoms with van der Waals surface area (Å²) >= 11 is 1.24. The molecule has 0 atom stereocenters. The van der Waals surface area contributed by atoms with Crippen LogP contribution in [-0.4, -0.2) is 44.0 Å². The van der Waals surface area contributed by atoms with Crippen molar-refractivity contribution in [2.24, 2.45) is 0 Å². The van der Waals surface area contributed by atoms with Crippen molar-refractivity contribution in [3.05, 3.63) is 52.2 Å². The molecule has 26 heavy (non-hydrogen) atoms. The van der Waals surface area contributed by atoms with Crippen molar-refractivity contribution in [2.75, 3.05) is 25.6 Å². The Bertz CT molecular complexity index is 803. The van der Waals surface area contributed by atoms with Gasteiger partial charge in [-0.3, -0.25) is 14.4 Å². The van der Waals surface area contributed by atoms with Crippen molar-refractivity contribution >= 4 is 40.8 Å². The topological polar surface area (TPSA) is 111 Å². The maximum atomic E-state index is 11.9. The van der Waals surface area contributed by atoms with E-state index in [2.05, 4.69) is 15.4 Å². The molecule has 2 rings (SSSR count). The van der Waals surface area contributed by atoms with E-state index < -0.39 is 30.4 Å². The highest BCUT2D eigenvalue weighted by Crippen LogP contribution is 2.15. The van der Waals surface area contributed by atoms with E-state index in [9.17, 15) is 19.2 Å². The normalized spacial score (nSPS) is 9.88. The number of methoxy groups -OCH3 is 1. The summed E-state index contributed by atoms with van der Waals surface area (Å²) in [6.45, 7) is -0.911. The Labute approximate surface area is 153 Å². The fraction of sp³-hybridized carbons (Fsp3) is 0.176. The number of hydrogen-bond acceptors (Lipinski definition) is 7. The molecular formula is C17H16N2O6S. The molecule has 0 aliphatic rings. The Balaban J connectivity index is 1.79. The highest BCUT2D eigenvalue weighted by molar-refractivity contribution is 7.12. The largest absolute Gasteiger partial charge is 0.465 e. The number of para-hydroxylation sites is 1. The van der Waals surface area contributed by atoms with Crippen LogP contribution in [0.2, 0.25) is 0 Å². The lowest BCUT2D eigenvalue weighted by Gasteiger charge is -2.10. The molecule has 2 aromatic rings. The first-order valence-corrected chi connectivity index (χ1v) is 8.33. The second kappa shape index (κ2) is 9.33. The van der Waals surface area contributed by atoms with Crippen LogP contribution in [0.25, 0.3) is 0 Å². The van der Waals surface area contributed by atoms with E-state index in [1.807, 2.05) is 0 Å². The number of anilines is 1. The third-order valence-corrected chi connectivity index (χ3v) is 3.98. The van der Waals surface area contributed by atoms with Gasteiger partial charge in [0.15, 0.2) is 6.61 Å². The van der Waals surface area contributed by atoms with Gasteiger partial charge in [-0.05, 0) is 23.6 Å². The molecule has 1 aromatic carbocycles. The van der Waals surface area contributed by atoms with Crippen LogP contribution in [0.3, 0.4) is 0 Å². The van der Waals surface area contributed by atoms with Gasteiger partial charge in [0.25, 0.3) is 11.8 Å². The van der Waals surface area contributed by atoms with E-state index in [4.69, 9.17) is 4.74 Å². The summed E-state index contributed by atoms with van der Waals surface area (Å²) in [5, 5.41) is 6.60. The number of carbonyl (C=O) groups is 4. The lowest BCUT2D eigenvalue weighted by atomic mass is 10.2. The van der Waals surface area contributed by atoms with Gasteiger partial charge in [-0.25, -0.2) is 4.79 Å². The first-order valence-electron chi connectivity index (χ1n) is 7.45. The van der Waals surface area contributed by atoms with Gasteiger partial charge < -0.3 is 20.1 Å². The molecule has 0 fully saturated rings. The molecule has 2 N–H and O–H groups in total. The Kier molecular flexibility index (Phi) is 6.86. The Hall–Kier alpha value is -3.20. The standard InChI is InChI=1S/C17H16N2O6S/c1-24-17(23)11-5-2-3-6-12(11)19-14(20)10-25-15(21)9-18-16(22)13-7-4-8-26-13/h2-8H,9-10H2,1H3,(H,18,22)(H,19,20). The number of benzene rings is 1. The van der Waals surface area contributed by atoms with Crippen LogP contribution in [0.1, 0.15) is 20.0 Å². The number of rotatable bonds is 7. The predicted molar refractivity (Wildman–Crippen MR) is 94.0 cm³/mol. The Morgan fingerprint density at radius 3 is 2.54 bits per heavy atom. The number of carbonyl (C=O) groups excluding carboxylic acids is 4. The summed E-state index contributed by atoms with van der Waals surface area (Å²) in [4.78, 5) is 47.3. The lowest BCUT2D eigenvalue weighted by molar-refractivity contribution is -0.146. The van der Waals surface area contributed by atoms with Gasteiger partial charge in [0.05, 0.1) is 23.2 Å². The predicted octanol–water partition coefficient (Wildman–Crippen LogP) is 1.45. The third kappa shape index (κ3) is 5.42. The monoisotopic (exact) mass is 376 g/mol. The number of nitrogens with one attached hydrogen (secondary N) is 2. The van der Waals surface area contributed by atoms with Gasteiger partial charge in [0.2, 0.25) is 0 Å². The smallest absolute Gasteiger partial charge is 0.339 e. The molecule has 0 aliphatic heterocycles. The number of amides is 2. The van der Waals surface area contributed by atoms with Crippen LogP contribution in [-0.2, 0) is 19.1 Å². The van der Waals surface area contributed by atoms with Crippen molar-refractivity contribution in [1.82, 2.24) is 5.32 Å². The number of esters is 2. The summed E-state index contributed by atoms with van der Waals surface area (Å²) in [6, 6.07) is 9.61. The zero-order valence-electron chi connectivity index (χ0n) is 13.8. The number of hydrogen-bond donors (Lipinski definition) is 2. The van der Waals surface area contributed by atoms with Crippen molar-refractivity contribution < 1.29 is 28.7 Å². The molecule has 1 aromatic heterocycles. The van der Waals surface area contributed by atoms with Gasteiger partial charge in [0.1, 0.15) is 6.54 Å². The second-order valence-electron chi connectivity index (χ2n) is 4.91. The van der Waals surface area contributed by atoms with Gasteiger partial charge >= 0.3 is 11.9 Å². The van der Waals surface area contributed by atoms with Crippen LogP contribution in [0.5, 0.6) is 0 Å². The molecule has 0 aliphatic carbocycles. The van der Waals surface area contributed by atoms with Crippen LogP contribution in [0.15, 0.2) is 41.8 Å². The lowest BCUT2D eigenvalue weighted by Crippen LogP contribution is -2.32. The average Bonchev–Trinajstić information content (AvgIpc) is 3.19. The highest BCUT2D eigenvalue weighted by atomic mass is 32.1. The molecule has 0 bridgehead atoms. The zero-order chi connectivity index (χ0) is 18.9. The summed E-state index contributed by atoms with van der Waals surface area (Å²) in [6.07, 6.45) is 0. The third-order valence-electron chi connectivity index (χ3n) is 3.11. The van der Waals surface area contributed by atoms with E-state index >= 15 is 0 Å². The van der Waals surface area contributed by atoms with Gasteiger partial charge in [-0.2, -0.15) is 0 Å². The Morgan fingerprint density at radius 2 is 1.85 bits per heavy atom. The van der Waals surface area contributed by atoms with E-state index in [1.165, 1.54) is 30.6 Å². The molecular weight excluding hydrogens is 360 g/mol. The summed E-state index contributed by atoms with van der Waals surface area (Å²) in [5.41, 5.74) is 0.421. The fourth-order valence-corrected chi connectivity index (χ4v) is 2.55. The van der Waals surface area contributed by atoms with Crippen molar-refractivity contribution in [3.63, 3.8) is 0 Å². The van der Waals surface area contributed by atoms with E-state index in [0.717, 1.165) is 0 Å². The molecule has 0 saturated heterocycles. The molecule has 8 nitrogen and oxygen atoms in total. The summed E-state index contributed by atoms with van der Waals surface area (Å²) in [5.74, 6) is -2.38. The number of ether oxygens (including phenoxy) is 2. The van der Waals surface area contributed by atoms with Crippen molar-refractivity contribution in [2.45, 2.75) is 0 Å². The minimum absolute atomic E-state index is 0.179. The molecule has 0 unspecified atom stereocenters. The minimum atomic E-state index is -0.758. The molecule has 2 amide bonds. The molecule has 0 radical (unpaired) electrons. The van der Waals surface area contributed by atoms with Crippen LogP contribution >= 0.6 is 11.3 Å². The maximum Gasteiger partial charge on any atom is 0.339 e. The maximum absolute atomic E-state index is 11.9. The summed E-state index contributed by atoms with van der Waals surface area (Å²) in [7, 11) is 1.23. The highest BCUT2D eigenvalue weighted by Gasteiger charge is 2.15. The SMILES string of the molecule is COC(=O)c1ccccc1NC(=O)COC(=O)CNC(=O)c1cccs1. The first kappa shape index (κ1) is 19.1. The van der Waals surface area contributed by atoms with Crippen LogP contribution in [0.4, 0.5) is 5.69 Å². The van der Waals surface area contributed by atoms with Gasteiger partial charge in [-0.1, -0.05) is 18.2 Å². The first-order chi connectivity index (χ1) is 12.5. The van der Waals surface area contributed by atoms with E-state index in [0.29, 0.717) is 4.88 Å². The summed E-state index contributed by atoms with van der Waals surface area (Å²) < 4.78 is 9.42. The fourth-order valence-electron chi connectivity index (χ4n) is 1.91. The molecule has 136 valence electrons.